The number of pyridine rings is 1. The van der Waals surface area contributed by atoms with Gasteiger partial charge in [-0.3, -0.25) is 4.79 Å². The predicted octanol–water partition coefficient (Wildman–Crippen LogP) is 2.59. The number of aryl methyl sites for hydroxylation is 2. The first-order chi connectivity index (χ1) is 12.1. The zero-order valence-electron chi connectivity index (χ0n) is 14.4. The Morgan fingerprint density at radius 2 is 2.04 bits per heavy atom. The van der Waals surface area contributed by atoms with Crippen LogP contribution in [-0.4, -0.2) is 38.6 Å². The second-order valence-electron chi connectivity index (χ2n) is 6.36. The van der Waals surface area contributed by atoms with Crippen molar-refractivity contribution in [1.82, 2.24) is 19.6 Å². The van der Waals surface area contributed by atoms with Gasteiger partial charge >= 0.3 is 0 Å². The molecule has 0 bridgehead atoms. The fraction of sp³-hybridized carbons (Fsp3) is 0.333. The van der Waals surface area contributed by atoms with Crippen molar-refractivity contribution in [1.29, 1.82) is 0 Å². The van der Waals surface area contributed by atoms with Gasteiger partial charge in [-0.2, -0.15) is 5.10 Å². The Bertz CT molecular complexity index is 942. The summed E-state index contributed by atoms with van der Waals surface area (Å²) in [6.45, 7) is 5.80. The van der Waals surface area contributed by atoms with Crippen molar-refractivity contribution in [3.8, 4) is 0 Å². The summed E-state index contributed by atoms with van der Waals surface area (Å²) in [5, 5.41) is 7.27. The second-order valence-corrected chi connectivity index (χ2v) is 6.36. The smallest absolute Gasteiger partial charge is 0.261 e. The highest BCUT2D eigenvalue weighted by atomic mass is 16.1. The molecule has 0 spiro atoms. The molecule has 0 unspecified atom stereocenters. The van der Waals surface area contributed by atoms with Crippen molar-refractivity contribution in [3.63, 3.8) is 0 Å². The summed E-state index contributed by atoms with van der Waals surface area (Å²) in [6.07, 6.45) is 5.63. The van der Waals surface area contributed by atoms with Gasteiger partial charge in [-0.25, -0.2) is 14.5 Å². The molecule has 1 aliphatic heterocycles. The zero-order chi connectivity index (χ0) is 17.4. The Morgan fingerprint density at radius 1 is 1.24 bits per heavy atom. The number of amides is 1. The van der Waals surface area contributed by atoms with Gasteiger partial charge < -0.3 is 10.2 Å². The van der Waals surface area contributed by atoms with Gasteiger partial charge in [0, 0.05) is 30.7 Å². The molecule has 1 amide bonds. The number of nitrogens with zero attached hydrogens (tertiary/aromatic N) is 5. The van der Waals surface area contributed by atoms with Crippen LogP contribution in [0.5, 0.6) is 0 Å². The van der Waals surface area contributed by atoms with Crippen molar-refractivity contribution in [2.24, 2.45) is 0 Å². The molecule has 1 saturated heterocycles. The molecule has 0 aromatic carbocycles. The molecule has 3 aromatic rings. The van der Waals surface area contributed by atoms with Crippen LogP contribution in [0.15, 0.2) is 30.6 Å². The first-order valence-electron chi connectivity index (χ1n) is 8.47. The van der Waals surface area contributed by atoms with E-state index in [0.29, 0.717) is 11.2 Å². The number of aromatic nitrogens is 4. The van der Waals surface area contributed by atoms with E-state index in [0.717, 1.165) is 48.8 Å². The summed E-state index contributed by atoms with van der Waals surface area (Å²) in [4.78, 5) is 24.0. The number of hydrogen-bond donors (Lipinski definition) is 1. The third kappa shape index (κ3) is 2.82. The van der Waals surface area contributed by atoms with E-state index < -0.39 is 0 Å². The highest BCUT2D eigenvalue weighted by Gasteiger charge is 2.20. The van der Waals surface area contributed by atoms with Crippen LogP contribution in [0.4, 0.5) is 11.5 Å². The predicted molar refractivity (Wildman–Crippen MR) is 96.1 cm³/mol. The molecule has 1 fully saturated rings. The van der Waals surface area contributed by atoms with Gasteiger partial charge in [-0.15, -0.1) is 0 Å². The average molecular weight is 336 g/mol. The van der Waals surface area contributed by atoms with Gasteiger partial charge in [0.15, 0.2) is 11.5 Å². The molecule has 1 aliphatic rings. The number of carbonyl (C=O) groups excluding carboxylic acids is 1. The van der Waals surface area contributed by atoms with Crippen LogP contribution in [0.25, 0.3) is 5.65 Å². The van der Waals surface area contributed by atoms with Crippen molar-refractivity contribution in [2.75, 3.05) is 23.3 Å². The lowest BCUT2D eigenvalue weighted by atomic mass is 10.2. The average Bonchev–Trinajstić information content (AvgIpc) is 3.24. The number of nitrogens with one attached hydrogen (secondary N) is 1. The summed E-state index contributed by atoms with van der Waals surface area (Å²) >= 11 is 0. The van der Waals surface area contributed by atoms with Crippen LogP contribution in [0.3, 0.4) is 0 Å². The third-order valence-electron chi connectivity index (χ3n) is 4.46. The molecule has 0 atom stereocenters. The largest absolute Gasteiger partial charge is 0.355 e. The highest BCUT2D eigenvalue weighted by molar-refractivity contribution is 6.09. The Morgan fingerprint density at radius 3 is 2.84 bits per heavy atom. The minimum atomic E-state index is -0.221. The molecule has 7 nitrogen and oxygen atoms in total. The number of anilines is 2. The Balaban J connectivity index is 1.67. The fourth-order valence-corrected chi connectivity index (χ4v) is 3.30. The SMILES string of the molecule is Cc1cc(C)n2ncc(C(=O)Nc3cccnc3N3CCCC3)c2n1. The first-order valence-corrected chi connectivity index (χ1v) is 8.47. The van der Waals surface area contributed by atoms with Crippen LogP contribution in [0.1, 0.15) is 34.6 Å². The van der Waals surface area contributed by atoms with E-state index in [1.54, 1.807) is 16.9 Å². The number of fused-ring (bicyclic) bond motifs is 1. The highest BCUT2D eigenvalue weighted by Crippen LogP contribution is 2.26. The number of hydrogen-bond acceptors (Lipinski definition) is 5. The van der Waals surface area contributed by atoms with E-state index >= 15 is 0 Å². The number of carbonyl (C=O) groups is 1. The Labute approximate surface area is 145 Å². The number of rotatable bonds is 3. The molecule has 0 radical (unpaired) electrons. The molecule has 4 rings (SSSR count). The normalized spacial score (nSPS) is 14.2. The van der Waals surface area contributed by atoms with E-state index in [1.165, 1.54) is 0 Å². The van der Waals surface area contributed by atoms with E-state index in [2.05, 4.69) is 25.3 Å². The van der Waals surface area contributed by atoms with Crippen LogP contribution in [0.2, 0.25) is 0 Å². The van der Waals surface area contributed by atoms with E-state index in [4.69, 9.17) is 0 Å². The summed E-state index contributed by atoms with van der Waals surface area (Å²) in [7, 11) is 0. The summed E-state index contributed by atoms with van der Waals surface area (Å²) in [5.74, 6) is 0.603. The summed E-state index contributed by atoms with van der Waals surface area (Å²) < 4.78 is 1.69. The van der Waals surface area contributed by atoms with Gasteiger partial charge in [0.25, 0.3) is 5.91 Å². The lowest BCUT2D eigenvalue weighted by molar-refractivity contribution is 0.102. The second kappa shape index (κ2) is 6.16. The van der Waals surface area contributed by atoms with E-state index in [9.17, 15) is 4.79 Å². The summed E-state index contributed by atoms with van der Waals surface area (Å²) in [5.41, 5.74) is 3.56. The van der Waals surface area contributed by atoms with Crippen molar-refractivity contribution in [3.05, 3.63) is 47.5 Å². The van der Waals surface area contributed by atoms with E-state index in [1.807, 2.05) is 32.0 Å². The molecule has 7 heteroatoms. The van der Waals surface area contributed by atoms with Gasteiger partial charge in [0.1, 0.15) is 5.56 Å². The first kappa shape index (κ1) is 15.6. The Hall–Kier alpha value is -2.96. The maximum absolute atomic E-state index is 12.8. The monoisotopic (exact) mass is 336 g/mol. The molecule has 4 heterocycles. The molecule has 0 saturated carbocycles. The van der Waals surface area contributed by atoms with Crippen LogP contribution in [0, 0.1) is 13.8 Å². The molecule has 1 N–H and O–H groups in total. The molecule has 0 aliphatic carbocycles. The van der Waals surface area contributed by atoms with Gasteiger partial charge in [0.05, 0.1) is 11.9 Å². The van der Waals surface area contributed by atoms with Crippen molar-refractivity contribution >= 4 is 23.1 Å². The minimum Gasteiger partial charge on any atom is -0.355 e. The molecule has 128 valence electrons. The maximum Gasteiger partial charge on any atom is 0.261 e. The quantitative estimate of drug-likeness (QED) is 0.796. The van der Waals surface area contributed by atoms with Crippen LogP contribution in [-0.2, 0) is 0 Å². The van der Waals surface area contributed by atoms with E-state index in [-0.39, 0.29) is 5.91 Å². The summed E-state index contributed by atoms with van der Waals surface area (Å²) in [6, 6.07) is 5.65. The molecular weight excluding hydrogens is 316 g/mol. The van der Waals surface area contributed by atoms with Crippen LogP contribution >= 0.6 is 0 Å². The van der Waals surface area contributed by atoms with Gasteiger partial charge in [0.2, 0.25) is 0 Å². The fourth-order valence-electron chi connectivity index (χ4n) is 3.30. The van der Waals surface area contributed by atoms with Gasteiger partial charge in [-0.1, -0.05) is 0 Å². The van der Waals surface area contributed by atoms with Crippen molar-refractivity contribution in [2.45, 2.75) is 26.7 Å². The lowest BCUT2D eigenvalue weighted by Gasteiger charge is -2.19. The Kier molecular flexibility index (Phi) is 3.83. The minimum absolute atomic E-state index is 0.221. The van der Waals surface area contributed by atoms with Gasteiger partial charge in [-0.05, 0) is 44.9 Å². The van der Waals surface area contributed by atoms with Crippen LogP contribution < -0.4 is 10.2 Å². The maximum atomic E-state index is 12.8. The third-order valence-corrected chi connectivity index (χ3v) is 4.46. The zero-order valence-corrected chi connectivity index (χ0v) is 14.4. The molecule has 25 heavy (non-hydrogen) atoms. The lowest BCUT2D eigenvalue weighted by Crippen LogP contribution is -2.22. The standard InChI is InChI=1S/C18H20N6O/c1-12-10-13(2)24-16(21-12)14(11-20-24)18(25)22-15-6-5-7-19-17(15)23-8-3-4-9-23/h5-7,10-11H,3-4,8-9H2,1-2H3,(H,22,25). The topological polar surface area (TPSA) is 75.4 Å². The van der Waals surface area contributed by atoms with Crippen molar-refractivity contribution < 1.29 is 4.79 Å². The molecule has 3 aromatic heterocycles. The molecular formula is C18H20N6O.